The maximum atomic E-state index is 13.9. The van der Waals surface area contributed by atoms with E-state index in [0.29, 0.717) is 11.5 Å². The Bertz CT molecular complexity index is 1310. The van der Waals surface area contributed by atoms with Crippen molar-refractivity contribution in [1.82, 2.24) is 4.90 Å². The topological polar surface area (TPSA) is 119 Å². The first kappa shape index (κ1) is 27.4. The summed E-state index contributed by atoms with van der Waals surface area (Å²) in [5, 5.41) is 9.91. The molecule has 4 atom stereocenters. The highest BCUT2D eigenvalue weighted by molar-refractivity contribution is 5.98. The van der Waals surface area contributed by atoms with Crippen LogP contribution in [0.4, 0.5) is 0 Å². The lowest BCUT2D eigenvalue weighted by molar-refractivity contribution is -0.192. The van der Waals surface area contributed by atoms with E-state index in [9.17, 15) is 24.3 Å². The van der Waals surface area contributed by atoms with Crippen molar-refractivity contribution in [3.63, 3.8) is 0 Å². The molecule has 4 rings (SSSR count). The SMILES string of the molecule is COC(=O)C1C(C(=O)O)C(C(=O)N(Cc2ccccc2)Cc2ccc(Oc3ccccc3)cc2)C1C(=O)OC. The standard InChI is InChI=1S/C30H29NO8/c1-37-29(35)25-23(24(28(33)34)26(25)30(36)38-2)27(32)31(17-19-9-5-3-6-10-19)18-20-13-15-22(16-14-20)39-21-11-7-4-8-12-21/h3-16,23-26H,17-18H2,1-2H3,(H,33,34). The minimum atomic E-state index is -1.42. The van der Waals surface area contributed by atoms with Gasteiger partial charge in [-0.1, -0.05) is 60.7 Å². The molecule has 1 aliphatic rings. The van der Waals surface area contributed by atoms with Crippen molar-refractivity contribution in [1.29, 1.82) is 0 Å². The normalized spacial score (nSPS) is 19.7. The summed E-state index contributed by atoms with van der Waals surface area (Å²) in [5.41, 5.74) is 1.59. The van der Waals surface area contributed by atoms with E-state index < -0.39 is 47.5 Å². The summed E-state index contributed by atoms with van der Waals surface area (Å²) < 4.78 is 15.4. The van der Waals surface area contributed by atoms with Crippen LogP contribution in [0.5, 0.6) is 11.5 Å². The van der Waals surface area contributed by atoms with Gasteiger partial charge in [0.2, 0.25) is 5.91 Å². The van der Waals surface area contributed by atoms with Crippen LogP contribution >= 0.6 is 0 Å². The number of nitrogens with zero attached hydrogens (tertiary/aromatic N) is 1. The summed E-state index contributed by atoms with van der Waals surface area (Å²) in [6.45, 7) is 0.306. The summed E-state index contributed by atoms with van der Waals surface area (Å²) in [4.78, 5) is 52.6. The maximum absolute atomic E-state index is 13.9. The van der Waals surface area contributed by atoms with E-state index in [1.807, 2.05) is 72.8 Å². The van der Waals surface area contributed by atoms with E-state index in [0.717, 1.165) is 25.3 Å². The molecule has 39 heavy (non-hydrogen) atoms. The summed E-state index contributed by atoms with van der Waals surface area (Å²) in [6.07, 6.45) is 0. The molecule has 3 aromatic rings. The number of carboxylic acid groups (broad SMARTS) is 1. The Hall–Kier alpha value is -4.66. The van der Waals surface area contributed by atoms with Crippen molar-refractivity contribution in [3.05, 3.63) is 96.1 Å². The number of carboxylic acids is 1. The van der Waals surface area contributed by atoms with Gasteiger partial charge in [-0.25, -0.2) is 0 Å². The minimum Gasteiger partial charge on any atom is -0.481 e. The second-order valence-electron chi connectivity index (χ2n) is 9.23. The molecule has 1 N–H and O–H groups in total. The highest BCUT2D eigenvalue weighted by Gasteiger charge is 2.65. The number of hydrogen-bond acceptors (Lipinski definition) is 7. The van der Waals surface area contributed by atoms with Gasteiger partial charge < -0.3 is 24.2 Å². The Balaban J connectivity index is 1.61. The van der Waals surface area contributed by atoms with Crippen molar-refractivity contribution in [2.45, 2.75) is 13.1 Å². The number of hydrogen-bond donors (Lipinski definition) is 1. The average molecular weight is 532 g/mol. The molecule has 0 spiro atoms. The predicted molar refractivity (Wildman–Crippen MR) is 139 cm³/mol. The van der Waals surface area contributed by atoms with Gasteiger partial charge in [-0.2, -0.15) is 0 Å². The van der Waals surface area contributed by atoms with Crippen LogP contribution in [0.1, 0.15) is 11.1 Å². The molecular weight excluding hydrogens is 502 g/mol. The Morgan fingerprint density at radius 3 is 1.62 bits per heavy atom. The Morgan fingerprint density at radius 2 is 1.10 bits per heavy atom. The van der Waals surface area contributed by atoms with Crippen LogP contribution in [0, 0.1) is 23.7 Å². The van der Waals surface area contributed by atoms with E-state index in [1.165, 1.54) is 4.90 Å². The summed E-state index contributed by atoms with van der Waals surface area (Å²) in [7, 11) is 2.24. The molecular formula is C30H29NO8. The Morgan fingerprint density at radius 1 is 0.641 bits per heavy atom. The number of ether oxygens (including phenoxy) is 3. The molecule has 0 radical (unpaired) electrons. The molecule has 1 amide bonds. The van der Waals surface area contributed by atoms with Crippen LogP contribution in [-0.4, -0.2) is 48.0 Å². The van der Waals surface area contributed by atoms with Crippen LogP contribution in [0.2, 0.25) is 0 Å². The maximum Gasteiger partial charge on any atom is 0.310 e. The summed E-state index contributed by atoms with van der Waals surface area (Å²) in [5.74, 6) is -7.62. The number of rotatable bonds is 10. The highest BCUT2D eigenvalue weighted by atomic mass is 16.5. The van der Waals surface area contributed by atoms with Gasteiger partial charge in [-0.15, -0.1) is 0 Å². The van der Waals surface area contributed by atoms with E-state index >= 15 is 0 Å². The Kier molecular flexibility index (Phi) is 8.60. The zero-order valence-electron chi connectivity index (χ0n) is 21.6. The molecule has 9 heteroatoms. The third-order valence-electron chi connectivity index (χ3n) is 6.87. The molecule has 1 aliphatic carbocycles. The number of para-hydroxylation sites is 1. The number of amides is 1. The Labute approximate surface area is 225 Å². The largest absolute Gasteiger partial charge is 0.481 e. The molecule has 9 nitrogen and oxygen atoms in total. The third kappa shape index (κ3) is 6.09. The summed E-state index contributed by atoms with van der Waals surface area (Å²) >= 11 is 0. The molecule has 0 aromatic heterocycles. The van der Waals surface area contributed by atoms with Crippen LogP contribution in [0.15, 0.2) is 84.9 Å². The monoisotopic (exact) mass is 531 g/mol. The van der Waals surface area contributed by atoms with Gasteiger partial charge in [-0.3, -0.25) is 19.2 Å². The van der Waals surface area contributed by atoms with Crippen LogP contribution < -0.4 is 4.74 Å². The first-order chi connectivity index (χ1) is 18.8. The van der Waals surface area contributed by atoms with Crippen molar-refractivity contribution in [2.24, 2.45) is 23.7 Å². The van der Waals surface area contributed by atoms with E-state index in [4.69, 9.17) is 14.2 Å². The molecule has 4 unspecified atom stereocenters. The molecule has 202 valence electrons. The highest BCUT2D eigenvalue weighted by Crippen LogP contribution is 2.49. The molecule has 0 bridgehead atoms. The lowest BCUT2D eigenvalue weighted by Crippen LogP contribution is -2.62. The molecule has 1 fully saturated rings. The molecule has 3 aromatic carbocycles. The molecule has 1 saturated carbocycles. The quantitative estimate of drug-likeness (QED) is 0.391. The van der Waals surface area contributed by atoms with Gasteiger partial charge in [0.05, 0.1) is 37.9 Å². The fourth-order valence-electron chi connectivity index (χ4n) is 4.96. The van der Waals surface area contributed by atoms with E-state index in [1.54, 1.807) is 12.1 Å². The molecule has 0 aliphatic heterocycles. The zero-order valence-corrected chi connectivity index (χ0v) is 21.6. The van der Waals surface area contributed by atoms with Gasteiger partial charge in [0, 0.05) is 13.1 Å². The number of carbonyl (C=O) groups is 4. The van der Waals surface area contributed by atoms with Crippen LogP contribution in [0.3, 0.4) is 0 Å². The number of benzene rings is 3. The fourth-order valence-corrected chi connectivity index (χ4v) is 4.96. The van der Waals surface area contributed by atoms with Gasteiger partial charge in [-0.05, 0) is 35.4 Å². The van der Waals surface area contributed by atoms with Gasteiger partial charge in [0.25, 0.3) is 0 Å². The van der Waals surface area contributed by atoms with E-state index in [2.05, 4.69) is 0 Å². The van der Waals surface area contributed by atoms with Crippen molar-refractivity contribution < 1.29 is 38.5 Å². The van der Waals surface area contributed by atoms with Gasteiger partial charge in [0.1, 0.15) is 11.5 Å². The zero-order chi connectivity index (χ0) is 27.9. The lowest BCUT2D eigenvalue weighted by atomic mass is 9.55. The second kappa shape index (κ2) is 12.3. The van der Waals surface area contributed by atoms with Gasteiger partial charge in [0.15, 0.2) is 0 Å². The summed E-state index contributed by atoms with van der Waals surface area (Å²) in [6, 6.07) is 25.7. The second-order valence-corrected chi connectivity index (χ2v) is 9.23. The number of carbonyl (C=O) groups excluding carboxylic acids is 3. The minimum absolute atomic E-state index is 0.138. The number of esters is 2. The average Bonchev–Trinajstić information content (AvgIpc) is 2.93. The molecule has 0 heterocycles. The molecule has 0 saturated heterocycles. The van der Waals surface area contributed by atoms with Crippen molar-refractivity contribution in [3.8, 4) is 11.5 Å². The predicted octanol–water partition coefficient (Wildman–Crippen LogP) is 3.92. The van der Waals surface area contributed by atoms with Crippen molar-refractivity contribution >= 4 is 23.8 Å². The van der Waals surface area contributed by atoms with Crippen LogP contribution in [0.25, 0.3) is 0 Å². The number of methoxy groups -OCH3 is 2. The third-order valence-corrected chi connectivity index (χ3v) is 6.87. The first-order valence-corrected chi connectivity index (χ1v) is 12.4. The van der Waals surface area contributed by atoms with Crippen molar-refractivity contribution in [2.75, 3.05) is 14.2 Å². The van der Waals surface area contributed by atoms with E-state index in [-0.39, 0.29) is 13.1 Å². The van der Waals surface area contributed by atoms with Crippen LogP contribution in [-0.2, 0) is 41.7 Å². The number of aliphatic carboxylic acids is 1. The smallest absolute Gasteiger partial charge is 0.310 e. The fraction of sp³-hybridized carbons (Fsp3) is 0.267. The lowest BCUT2D eigenvalue weighted by Gasteiger charge is -2.46. The van der Waals surface area contributed by atoms with Gasteiger partial charge >= 0.3 is 17.9 Å². The first-order valence-electron chi connectivity index (χ1n) is 12.4.